The van der Waals surface area contributed by atoms with Gasteiger partial charge in [-0.1, -0.05) is 18.2 Å². The molecule has 41 heavy (non-hydrogen) atoms. The number of nitrogens with zero attached hydrogens (tertiary/aromatic N) is 3. The van der Waals surface area contributed by atoms with Gasteiger partial charge in [0.25, 0.3) is 5.91 Å². The number of carbonyl (C=O) groups is 2. The van der Waals surface area contributed by atoms with Crippen molar-refractivity contribution >= 4 is 46.4 Å². The number of nitrogens with one attached hydrogen (secondary N) is 2. The monoisotopic (exact) mass is 575 g/mol. The van der Waals surface area contributed by atoms with Crippen LogP contribution < -0.4 is 15.5 Å². The lowest BCUT2D eigenvalue weighted by molar-refractivity contribution is -0.128. The van der Waals surface area contributed by atoms with Gasteiger partial charge in [0.1, 0.15) is 5.82 Å². The van der Waals surface area contributed by atoms with Gasteiger partial charge >= 0.3 is 0 Å². The number of phenols is 1. The lowest BCUT2D eigenvalue weighted by Crippen LogP contribution is -2.33. The molecule has 0 aliphatic rings. The first-order valence-corrected chi connectivity index (χ1v) is 13.7. The quantitative estimate of drug-likeness (QED) is 0.132. The van der Waals surface area contributed by atoms with Crippen molar-refractivity contribution in [1.82, 2.24) is 15.3 Å². The van der Waals surface area contributed by atoms with Gasteiger partial charge < -0.3 is 20.1 Å². The molecule has 0 fully saturated rings. The van der Waals surface area contributed by atoms with Gasteiger partial charge in [-0.25, -0.2) is 9.82 Å². The summed E-state index contributed by atoms with van der Waals surface area (Å²) in [5, 5.41) is 17.7. The Bertz CT molecular complexity index is 1570. The Balaban J connectivity index is 1.64. The van der Waals surface area contributed by atoms with Crippen LogP contribution in [-0.4, -0.2) is 66.0 Å². The van der Waals surface area contributed by atoms with Gasteiger partial charge in [0.15, 0.2) is 11.5 Å². The van der Waals surface area contributed by atoms with Crippen LogP contribution in [0.2, 0.25) is 0 Å². The van der Waals surface area contributed by atoms with Crippen LogP contribution in [0.1, 0.15) is 22.3 Å². The van der Waals surface area contributed by atoms with Crippen LogP contribution in [0.3, 0.4) is 0 Å². The highest BCUT2D eigenvalue weighted by Gasteiger charge is 2.22. The number of pyridine rings is 1. The molecule has 3 N–H and O–H groups in total. The second-order valence-corrected chi connectivity index (χ2v) is 10.4. The minimum absolute atomic E-state index is 0.0679. The number of methoxy groups -OCH3 is 1. The highest BCUT2D eigenvalue weighted by molar-refractivity contribution is 7.99. The van der Waals surface area contributed by atoms with E-state index in [1.54, 1.807) is 38.0 Å². The molecule has 9 nitrogen and oxygen atoms in total. The van der Waals surface area contributed by atoms with Crippen molar-refractivity contribution in [2.24, 2.45) is 5.10 Å². The molecule has 2 amide bonds. The summed E-state index contributed by atoms with van der Waals surface area (Å²) < 4.78 is 19.4. The van der Waals surface area contributed by atoms with E-state index >= 15 is 0 Å². The molecule has 4 aromatic rings. The number of aromatic hydroxyl groups is 1. The van der Waals surface area contributed by atoms with Crippen LogP contribution in [0.25, 0.3) is 10.9 Å². The number of phenolic OH excluding ortho intramolecular Hbond substituents is 1. The van der Waals surface area contributed by atoms with Crippen molar-refractivity contribution in [3.8, 4) is 11.5 Å². The first kappa shape index (κ1) is 29.3. The molecule has 0 radical (unpaired) electrons. The van der Waals surface area contributed by atoms with E-state index in [1.165, 1.54) is 48.7 Å². The average molecular weight is 576 g/mol. The van der Waals surface area contributed by atoms with Gasteiger partial charge in [0.2, 0.25) is 5.91 Å². The third-order valence-electron chi connectivity index (χ3n) is 6.12. The summed E-state index contributed by atoms with van der Waals surface area (Å²) in [6, 6.07) is 18.2. The van der Waals surface area contributed by atoms with E-state index in [1.807, 2.05) is 30.3 Å². The fraction of sp³-hybridized carbons (Fsp3) is 0.200. The topological polar surface area (TPSA) is 116 Å². The van der Waals surface area contributed by atoms with Crippen LogP contribution in [0.5, 0.6) is 11.5 Å². The molecule has 0 bridgehead atoms. The molecule has 1 heterocycles. The molecule has 11 heteroatoms. The zero-order valence-corrected chi connectivity index (χ0v) is 23.6. The van der Waals surface area contributed by atoms with Crippen molar-refractivity contribution in [2.45, 2.75) is 17.4 Å². The molecule has 1 aromatic heterocycles. The van der Waals surface area contributed by atoms with E-state index in [0.29, 0.717) is 33.7 Å². The third kappa shape index (κ3) is 7.73. The SMILES string of the molecule is COc1ccc(/C=N/NC(=O)c2cnc3ccc(F)cc3c2N[C@@H](CSc2ccccc2)CC(=O)N(C)C)cc1O. The number of carbonyl (C=O) groups excluding carboxylic acids is 2. The van der Waals surface area contributed by atoms with E-state index in [4.69, 9.17) is 4.74 Å². The van der Waals surface area contributed by atoms with Crippen molar-refractivity contribution in [1.29, 1.82) is 0 Å². The molecule has 0 saturated heterocycles. The summed E-state index contributed by atoms with van der Waals surface area (Å²) in [4.78, 5) is 32.9. The van der Waals surface area contributed by atoms with Crippen LogP contribution in [-0.2, 0) is 4.79 Å². The minimum Gasteiger partial charge on any atom is -0.504 e. The number of benzene rings is 3. The number of ether oxygens (including phenoxy) is 1. The normalized spacial score (nSPS) is 11.8. The second kappa shape index (κ2) is 13.6. The zero-order chi connectivity index (χ0) is 29.4. The Morgan fingerprint density at radius 1 is 1.15 bits per heavy atom. The highest BCUT2D eigenvalue weighted by atomic mass is 32.2. The predicted molar refractivity (Wildman–Crippen MR) is 159 cm³/mol. The Morgan fingerprint density at radius 2 is 1.93 bits per heavy atom. The van der Waals surface area contributed by atoms with E-state index in [0.717, 1.165) is 4.90 Å². The van der Waals surface area contributed by atoms with Gasteiger partial charge in [0, 0.05) is 48.8 Å². The number of fused-ring (bicyclic) bond motifs is 1. The van der Waals surface area contributed by atoms with Crippen LogP contribution in [0.15, 0.2) is 82.9 Å². The summed E-state index contributed by atoms with van der Waals surface area (Å²) >= 11 is 1.56. The van der Waals surface area contributed by atoms with Crippen LogP contribution in [0, 0.1) is 5.82 Å². The maximum Gasteiger partial charge on any atom is 0.275 e. The number of amides is 2. The number of hydrogen-bond donors (Lipinski definition) is 3. The number of rotatable bonds is 11. The van der Waals surface area contributed by atoms with Crippen molar-refractivity contribution in [3.63, 3.8) is 0 Å². The lowest BCUT2D eigenvalue weighted by atomic mass is 10.1. The van der Waals surface area contributed by atoms with E-state index in [2.05, 4.69) is 20.8 Å². The smallest absolute Gasteiger partial charge is 0.275 e. The Morgan fingerprint density at radius 3 is 2.63 bits per heavy atom. The van der Waals surface area contributed by atoms with Gasteiger partial charge in [-0.15, -0.1) is 11.8 Å². The second-order valence-electron chi connectivity index (χ2n) is 9.30. The third-order valence-corrected chi connectivity index (χ3v) is 7.29. The summed E-state index contributed by atoms with van der Waals surface area (Å²) in [5.41, 5.74) is 3.95. The number of hydrogen-bond acceptors (Lipinski definition) is 8. The maximum absolute atomic E-state index is 14.4. The van der Waals surface area contributed by atoms with Crippen LogP contribution >= 0.6 is 11.8 Å². The summed E-state index contributed by atoms with van der Waals surface area (Å²) in [6.07, 6.45) is 2.90. The van der Waals surface area contributed by atoms with Crippen molar-refractivity contribution in [2.75, 3.05) is 32.3 Å². The number of hydrazone groups is 1. The fourth-order valence-electron chi connectivity index (χ4n) is 3.97. The number of thioether (sulfide) groups is 1. The van der Waals surface area contributed by atoms with Gasteiger partial charge in [-0.3, -0.25) is 14.6 Å². The number of halogens is 1. The Hall–Kier alpha value is -4.64. The molecule has 0 unspecified atom stereocenters. The Kier molecular flexibility index (Phi) is 9.75. The predicted octanol–water partition coefficient (Wildman–Crippen LogP) is 4.90. The standard InChI is InChI=1S/C30H30FN5O4S/c1-36(2)28(38)15-21(18-41-22-7-5-4-6-8-22)34-29-23-14-20(31)10-11-25(23)32-17-24(29)30(39)35-33-16-19-9-12-27(40-3)26(37)13-19/h4-14,16-17,21,37H,15,18H2,1-3H3,(H,32,34)(H,35,39)/b33-16+/t21-/m1/s1. The average Bonchev–Trinajstić information content (AvgIpc) is 2.96. The minimum atomic E-state index is -0.589. The zero-order valence-electron chi connectivity index (χ0n) is 22.8. The highest BCUT2D eigenvalue weighted by Crippen LogP contribution is 2.30. The first-order valence-electron chi connectivity index (χ1n) is 12.7. The summed E-state index contributed by atoms with van der Waals surface area (Å²) in [5.74, 6) is -0.432. The van der Waals surface area contributed by atoms with Gasteiger partial charge in [0.05, 0.1) is 30.1 Å². The van der Waals surface area contributed by atoms with Gasteiger partial charge in [-0.2, -0.15) is 5.10 Å². The van der Waals surface area contributed by atoms with E-state index in [-0.39, 0.29) is 23.6 Å². The largest absolute Gasteiger partial charge is 0.504 e. The molecule has 4 rings (SSSR count). The maximum atomic E-state index is 14.4. The molecule has 212 valence electrons. The van der Waals surface area contributed by atoms with E-state index in [9.17, 15) is 19.1 Å². The Labute approximate surface area is 241 Å². The van der Waals surface area contributed by atoms with Crippen molar-refractivity contribution < 1.29 is 23.8 Å². The fourth-order valence-corrected chi connectivity index (χ4v) is 4.91. The van der Waals surface area contributed by atoms with Crippen LogP contribution in [0.4, 0.5) is 10.1 Å². The first-order chi connectivity index (χ1) is 19.7. The lowest BCUT2D eigenvalue weighted by Gasteiger charge is -2.23. The molecule has 0 saturated carbocycles. The molecule has 3 aromatic carbocycles. The molecular formula is C30H30FN5O4S. The molecule has 0 spiro atoms. The molecular weight excluding hydrogens is 545 g/mol. The molecule has 0 aliphatic carbocycles. The number of anilines is 1. The van der Waals surface area contributed by atoms with Crippen molar-refractivity contribution in [3.05, 3.63) is 89.9 Å². The molecule has 1 atom stereocenters. The summed E-state index contributed by atoms with van der Waals surface area (Å²) in [6.45, 7) is 0. The van der Waals surface area contributed by atoms with E-state index < -0.39 is 17.8 Å². The summed E-state index contributed by atoms with van der Waals surface area (Å²) in [7, 11) is 4.81. The molecule has 0 aliphatic heterocycles. The van der Waals surface area contributed by atoms with Gasteiger partial charge in [-0.05, 0) is 54.1 Å². The number of aromatic nitrogens is 1.